The van der Waals surface area contributed by atoms with Crippen LogP contribution in [-0.4, -0.2) is 51.5 Å². The van der Waals surface area contributed by atoms with Crippen LogP contribution in [0.1, 0.15) is 39.5 Å². The van der Waals surface area contributed by atoms with E-state index in [1.807, 2.05) is 54.6 Å². The van der Waals surface area contributed by atoms with Crippen LogP contribution in [0.3, 0.4) is 0 Å². The minimum atomic E-state index is -1.38. The minimum Gasteiger partial charge on any atom is -0.476 e. The van der Waals surface area contributed by atoms with Crippen molar-refractivity contribution in [2.75, 3.05) is 11.9 Å². The summed E-state index contributed by atoms with van der Waals surface area (Å²) in [6.45, 7) is -0.000979. The number of amides is 2. The van der Waals surface area contributed by atoms with E-state index in [1.54, 1.807) is 24.3 Å². The van der Waals surface area contributed by atoms with Crippen molar-refractivity contribution in [3.63, 3.8) is 0 Å². The highest BCUT2D eigenvalue weighted by molar-refractivity contribution is 5.99. The molecule has 3 aromatic carbocycles. The molecule has 0 fully saturated rings. The van der Waals surface area contributed by atoms with Gasteiger partial charge in [0, 0.05) is 19.0 Å². The van der Waals surface area contributed by atoms with E-state index in [4.69, 9.17) is 9.47 Å². The van der Waals surface area contributed by atoms with Crippen molar-refractivity contribution in [1.82, 2.24) is 15.1 Å². The van der Waals surface area contributed by atoms with Crippen molar-refractivity contribution in [2.45, 2.75) is 25.0 Å². The van der Waals surface area contributed by atoms with Gasteiger partial charge in [-0.3, -0.25) is 14.3 Å². The molecule has 11 nitrogen and oxygen atoms in total. The molecule has 3 N–H and O–H groups in total. The van der Waals surface area contributed by atoms with Gasteiger partial charge in [-0.15, -0.1) is 0 Å². The van der Waals surface area contributed by atoms with Crippen molar-refractivity contribution in [2.24, 2.45) is 7.05 Å². The van der Waals surface area contributed by atoms with Crippen molar-refractivity contribution < 1.29 is 33.8 Å². The fraction of sp³-hybridized carbons (Fsp3) is 0.194. The summed E-state index contributed by atoms with van der Waals surface area (Å²) in [4.78, 5) is 50.1. The van der Waals surface area contributed by atoms with Gasteiger partial charge >= 0.3 is 18.0 Å². The van der Waals surface area contributed by atoms with Gasteiger partial charge < -0.3 is 25.2 Å². The first-order valence-electron chi connectivity index (χ1n) is 13.2. The van der Waals surface area contributed by atoms with Gasteiger partial charge in [0.25, 0.3) is 0 Å². The van der Waals surface area contributed by atoms with Crippen molar-refractivity contribution in [3.05, 3.63) is 107 Å². The molecule has 0 radical (unpaired) electrons. The van der Waals surface area contributed by atoms with Crippen molar-refractivity contribution >= 4 is 29.8 Å². The lowest BCUT2D eigenvalue weighted by Gasteiger charge is -2.19. The molecule has 1 atom stereocenters. The number of rotatable bonds is 10. The number of nitrogens with zero attached hydrogens (tertiary/aromatic N) is 2. The van der Waals surface area contributed by atoms with Gasteiger partial charge in [-0.2, -0.15) is 5.10 Å². The number of carboxylic acids is 1. The molecule has 214 valence electrons. The van der Waals surface area contributed by atoms with Crippen molar-refractivity contribution in [1.29, 1.82) is 0 Å². The van der Waals surface area contributed by atoms with E-state index in [0.29, 0.717) is 0 Å². The normalized spacial score (nSPS) is 12.5. The zero-order chi connectivity index (χ0) is 29.6. The lowest BCUT2D eigenvalue weighted by molar-refractivity contribution is -0.146. The third-order valence-electron chi connectivity index (χ3n) is 6.92. The zero-order valence-corrected chi connectivity index (χ0v) is 22.7. The topological polar surface area (TPSA) is 149 Å². The van der Waals surface area contributed by atoms with E-state index < -0.39 is 36.4 Å². The van der Waals surface area contributed by atoms with Crippen LogP contribution in [0.2, 0.25) is 0 Å². The van der Waals surface area contributed by atoms with Gasteiger partial charge in [-0.25, -0.2) is 9.59 Å². The smallest absolute Gasteiger partial charge is 0.407 e. The first kappa shape index (κ1) is 28.1. The highest BCUT2D eigenvalue weighted by Gasteiger charge is 2.31. The molecule has 0 unspecified atom stereocenters. The number of anilines is 1. The van der Waals surface area contributed by atoms with Crippen LogP contribution < -0.4 is 10.6 Å². The Balaban J connectivity index is 1.27. The molecule has 0 bridgehead atoms. The number of hydrogen-bond acceptors (Lipinski definition) is 7. The Bertz CT molecular complexity index is 1590. The molecule has 1 aliphatic carbocycles. The molecular formula is C31H28N4O7. The molecule has 1 aliphatic rings. The number of alkyl carbamates (subject to hydrolysis) is 1. The van der Waals surface area contributed by atoms with Crippen LogP contribution in [0.5, 0.6) is 0 Å². The summed E-state index contributed by atoms with van der Waals surface area (Å²) < 4.78 is 12.0. The Labute approximate surface area is 241 Å². The number of fused-ring (bicyclic) bond motifs is 3. The Morgan fingerprint density at radius 2 is 1.52 bits per heavy atom. The maximum Gasteiger partial charge on any atom is 0.407 e. The average Bonchev–Trinajstić information content (AvgIpc) is 3.52. The molecule has 11 heteroatoms. The van der Waals surface area contributed by atoms with Crippen LogP contribution in [0.15, 0.2) is 84.9 Å². The number of aromatic nitrogens is 2. The first-order chi connectivity index (χ1) is 20.3. The number of benzene rings is 3. The number of aromatic carboxylic acids is 1. The third-order valence-corrected chi connectivity index (χ3v) is 6.92. The second kappa shape index (κ2) is 12.4. The molecule has 2 amide bonds. The summed E-state index contributed by atoms with van der Waals surface area (Å²) in [6, 6.07) is 24.6. The number of esters is 1. The van der Waals surface area contributed by atoms with Crippen LogP contribution >= 0.6 is 0 Å². The second-order valence-electron chi connectivity index (χ2n) is 9.71. The number of carboxylic acid groups (broad SMARTS) is 1. The summed E-state index contributed by atoms with van der Waals surface area (Å²) in [7, 11) is 1.45. The molecule has 42 heavy (non-hydrogen) atoms. The van der Waals surface area contributed by atoms with Crippen LogP contribution in [0.25, 0.3) is 11.1 Å². The number of hydrogen-bond donors (Lipinski definition) is 3. The summed E-state index contributed by atoms with van der Waals surface area (Å²) in [5, 5.41) is 18.0. The molecule has 1 aromatic heterocycles. The summed E-state index contributed by atoms with van der Waals surface area (Å²) in [6.07, 6.45) is -1.39. The highest BCUT2D eigenvalue weighted by atomic mass is 16.5. The van der Waals surface area contributed by atoms with Gasteiger partial charge in [0.2, 0.25) is 5.91 Å². The van der Waals surface area contributed by atoms with Gasteiger partial charge in [0.1, 0.15) is 25.1 Å². The van der Waals surface area contributed by atoms with Crippen LogP contribution in [-0.2, 0) is 32.7 Å². The monoisotopic (exact) mass is 568 g/mol. The standard InChI is InChI=1S/C31H28N4O7/c1-35-27(15-26(34-35)30(38)39)33-29(37)25(16-28(36)41-17-19-9-3-2-4-10-19)32-31(40)42-18-24-22-13-7-5-11-20(22)21-12-6-8-14-23(21)24/h2-15,24-25H,16-18H2,1H3,(H,32,40)(H,33,37)(H,38,39)/t25-/m0/s1. The number of nitrogens with one attached hydrogen (secondary N) is 2. The first-order valence-corrected chi connectivity index (χ1v) is 13.2. The Morgan fingerprint density at radius 3 is 2.14 bits per heavy atom. The fourth-order valence-corrected chi connectivity index (χ4v) is 4.86. The van der Waals surface area contributed by atoms with Crippen molar-refractivity contribution in [3.8, 4) is 11.1 Å². The molecule has 1 heterocycles. The largest absolute Gasteiger partial charge is 0.476 e. The number of carbonyl (C=O) groups excluding carboxylic acids is 3. The zero-order valence-electron chi connectivity index (χ0n) is 22.7. The van der Waals surface area contributed by atoms with Gasteiger partial charge in [0.15, 0.2) is 5.69 Å². The summed E-state index contributed by atoms with van der Waals surface area (Å²) in [5.74, 6) is -2.91. The molecule has 0 saturated carbocycles. The van der Waals surface area contributed by atoms with E-state index in [-0.39, 0.29) is 30.6 Å². The molecule has 0 saturated heterocycles. The van der Waals surface area contributed by atoms with E-state index in [0.717, 1.165) is 27.8 Å². The number of aryl methyl sites for hydroxylation is 1. The highest BCUT2D eigenvalue weighted by Crippen LogP contribution is 2.44. The maximum absolute atomic E-state index is 13.2. The molecular weight excluding hydrogens is 540 g/mol. The van der Waals surface area contributed by atoms with Gasteiger partial charge in [-0.05, 0) is 27.8 Å². The van der Waals surface area contributed by atoms with E-state index in [2.05, 4.69) is 15.7 Å². The molecule has 5 rings (SSSR count). The number of carbonyl (C=O) groups is 4. The second-order valence-corrected chi connectivity index (χ2v) is 9.71. The van der Waals surface area contributed by atoms with E-state index in [9.17, 15) is 24.3 Å². The Morgan fingerprint density at radius 1 is 0.905 bits per heavy atom. The molecule has 0 spiro atoms. The Kier molecular flexibility index (Phi) is 8.28. The Hall–Kier alpha value is -5.45. The number of ether oxygens (including phenoxy) is 2. The van der Waals surface area contributed by atoms with Crippen LogP contribution in [0, 0.1) is 0 Å². The van der Waals surface area contributed by atoms with Crippen LogP contribution in [0.4, 0.5) is 10.6 Å². The fourth-order valence-electron chi connectivity index (χ4n) is 4.86. The van der Waals surface area contributed by atoms with E-state index >= 15 is 0 Å². The predicted molar refractivity (Wildman–Crippen MR) is 152 cm³/mol. The molecule has 0 aliphatic heterocycles. The average molecular weight is 569 g/mol. The summed E-state index contributed by atoms with van der Waals surface area (Å²) >= 11 is 0. The van der Waals surface area contributed by atoms with Gasteiger partial charge in [-0.1, -0.05) is 78.9 Å². The quantitative estimate of drug-likeness (QED) is 0.242. The maximum atomic E-state index is 13.2. The third kappa shape index (κ3) is 6.30. The summed E-state index contributed by atoms with van der Waals surface area (Å²) in [5.41, 5.74) is 4.66. The molecule has 4 aromatic rings. The van der Waals surface area contributed by atoms with E-state index in [1.165, 1.54) is 17.8 Å². The van der Waals surface area contributed by atoms with Gasteiger partial charge in [0.05, 0.1) is 6.42 Å². The predicted octanol–water partition coefficient (Wildman–Crippen LogP) is 4.10. The SMILES string of the molecule is Cn1nc(C(=O)O)cc1NC(=O)[C@H](CC(=O)OCc1ccccc1)NC(=O)OCC1c2ccccc2-c2ccccc21. The lowest BCUT2D eigenvalue weighted by atomic mass is 9.98. The lowest BCUT2D eigenvalue weighted by Crippen LogP contribution is -2.46. The minimum absolute atomic E-state index is 0.0103.